The van der Waals surface area contributed by atoms with E-state index < -0.39 is 12.0 Å². The van der Waals surface area contributed by atoms with Gasteiger partial charge in [0.15, 0.2) is 0 Å². The highest BCUT2D eigenvalue weighted by molar-refractivity contribution is 5.96. The zero-order chi connectivity index (χ0) is 22.9. The molecular formula is C23H27FN8O. The molecule has 172 valence electrons. The van der Waals surface area contributed by atoms with E-state index in [0.717, 1.165) is 48.6 Å². The SMILES string of the molecule is CC(C)n1cnc(Nc2nc(N3CCC[C@H]3C(=O)Nc3ccc(F)nc3)nc3c2CCC3)c1. The van der Waals surface area contributed by atoms with E-state index in [1.165, 1.54) is 18.3 Å². The first-order valence-corrected chi connectivity index (χ1v) is 11.4. The molecule has 3 aromatic rings. The minimum absolute atomic E-state index is 0.171. The van der Waals surface area contributed by atoms with Gasteiger partial charge in [0.1, 0.15) is 17.7 Å². The lowest BCUT2D eigenvalue weighted by Crippen LogP contribution is -2.40. The van der Waals surface area contributed by atoms with E-state index in [1.807, 2.05) is 15.7 Å². The summed E-state index contributed by atoms with van der Waals surface area (Å²) < 4.78 is 15.1. The molecule has 1 amide bonds. The summed E-state index contributed by atoms with van der Waals surface area (Å²) in [6.45, 7) is 4.90. The molecule has 33 heavy (non-hydrogen) atoms. The summed E-state index contributed by atoms with van der Waals surface area (Å²) in [4.78, 5) is 32.7. The Balaban J connectivity index is 1.40. The number of fused-ring (bicyclic) bond motifs is 1. The average Bonchev–Trinajstić information content (AvgIpc) is 3.55. The molecule has 0 radical (unpaired) electrons. The molecule has 0 bridgehead atoms. The van der Waals surface area contributed by atoms with E-state index in [2.05, 4.69) is 34.4 Å². The molecule has 1 fully saturated rings. The van der Waals surface area contributed by atoms with Gasteiger partial charge in [-0.25, -0.2) is 15.0 Å². The van der Waals surface area contributed by atoms with Crippen molar-refractivity contribution in [3.63, 3.8) is 0 Å². The molecular weight excluding hydrogens is 423 g/mol. The quantitative estimate of drug-likeness (QED) is 0.553. The van der Waals surface area contributed by atoms with Gasteiger partial charge in [0.25, 0.3) is 0 Å². The first-order chi connectivity index (χ1) is 16.0. The minimum Gasteiger partial charge on any atom is -0.333 e. The lowest BCUT2D eigenvalue weighted by Gasteiger charge is -2.25. The first kappa shape index (κ1) is 21.3. The number of nitrogens with zero attached hydrogens (tertiary/aromatic N) is 6. The van der Waals surface area contributed by atoms with Crippen molar-refractivity contribution in [3.05, 3.63) is 48.1 Å². The fourth-order valence-electron chi connectivity index (χ4n) is 4.41. The van der Waals surface area contributed by atoms with Gasteiger partial charge in [-0.05, 0) is 58.1 Å². The summed E-state index contributed by atoms with van der Waals surface area (Å²) in [5, 5.41) is 6.22. The molecule has 0 spiro atoms. The van der Waals surface area contributed by atoms with Gasteiger partial charge in [0.05, 0.1) is 23.9 Å². The third kappa shape index (κ3) is 4.37. The van der Waals surface area contributed by atoms with Gasteiger partial charge in [0, 0.05) is 24.3 Å². The Bertz CT molecular complexity index is 1160. The van der Waals surface area contributed by atoms with E-state index in [0.29, 0.717) is 30.6 Å². The highest BCUT2D eigenvalue weighted by Crippen LogP contribution is 2.32. The Morgan fingerprint density at radius 3 is 2.82 bits per heavy atom. The van der Waals surface area contributed by atoms with Crippen LogP contribution in [0.2, 0.25) is 0 Å². The molecule has 9 nitrogen and oxygen atoms in total. The van der Waals surface area contributed by atoms with Crippen LogP contribution in [-0.4, -0.2) is 43.0 Å². The second-order valence-electron chi connectivity index (χ2n) is 8.79. The second-order valence-corrected chi connectivity index (χ2v) is 8.79. The Hall–Kier alpha value is -3.56. The Morgan fingerprint density at radius 2 is 2.06 bits per heavy atom. The summed E-state index contributed by atoms with van der Waals surface area (Å²) in [6.07, 6.45) is 9.50. The lowest BCUT2D eigenvalue weighted by molar-refractivity contribution is -0.117. The van der Waals surface area contributed by atoms with Crippen molar-refractivity contribution in [1.82, 2.24) is 24.5 Å². The van der Waals surface area contributed by atoms with Crippen LogP contribution in [0.3, 0.4) is 0 Å². The number of anilines is 4. The van der Waals surface area contributed by atoms with Crippen molar-refractivity contribution in [2.45, 2.75) is 58.0 Å². The second kappa shape index (κ2) is 8.76. The molecule has 1 atom stereocenters. The molecule has 2 aliphatic rings. The number of halogens is 1. The summed E-state index contributed by atoms with van der Waals surface area (Å²) in [5.41, 5.74) is 2.61. The molecule has 2 N–H and O–H groups in total. The van der Waals surface area contributed by atoms with Crippen LogP contribution in [0.25, 0.3) is 0 Å². The average molecular weight is 451 g/mol. The predicted octanol–water partition coefficient (Wildman–Crippen LogP) is 3.63. The maximum atomic E-state index is 13.1. The maximum absolute atomic E-state index is 13.1. The lowest BCUT2D eigenvalue weighted by atomic mass is 10.2. The smallest absolute Gasteiger partial charge is 0.247 e. The van der Waals surface area contributed by atoms with Gasteiger partial charge in [-0.15, -0.1) is 0 Å². The third-order valence-corrected chi connectivity index (χ3v) is 6.17. The van der Waals surface area contributed by atoms with E-state index in [1.54, 1.807) is 6.33 Å². The Morgan fingerprint density at radius 1 is 1.18 bits per heavy atom. The van der Waals surface area contributed by atoms with Crippen molar-refractivity contribution < 1.29 is 9.18 Å². The molecule has 3 aromatic heterocycles. The van der Waals surface area contributed by atoms with Gasteiger partial charge in [-0.2, -0.15) is 9.37 Å². The van der Waals surface area contributed by atoms with E-state index in [4.69, 9.17) is 9.97 Å². The minimum atomic E-state index is -0.583. The number of rotatable bonds is 6. The number of aryl methyl sites for hydroxylation is 1. The number of aromatic nitrogens is 5. The summed E-state index contributed by atoms with van der Waals surface area (Å²) in [5.74, 6) is 1.30. The maximum Gasteiger partial charge on any atom is 0.247 e. The molecule has 1 saturated heterocycles. The van der Waals surface area contributed by atoms with Crippen LogP contribution in [0.5, 0.6) is 0 Å². The number of pyridine rings is 1. The van der Waals surface area contributed by atoms with Crippen molar-refractivity contribution in [2.75, 3.05) is 22.1 Å². The van der Waals surface area contributed by atoms with Gasteiger partial charge in [-0.3, -0.25) is 4.79 Å². The molecule has 5 rings (SSSR count). The van der Waals surface area contributed by atoms with Gasteiger partial charge in [-0.1, -0.05) is 0 Å². The monoisotopic (exact) mass is 450 g/mol. The number of amides is 1. The summed E-state index contributed by atoms with van der Waals surface area (Å²) in [7, 11) is 0. The Kier molecular flexibility index (Phi) is 5.65. The number of imidazole rings is 1. The standard InChI is InChI=1S/C23H27FN8O/c1-14(2)31-12-20(26-13-31)29-21-16-5-3-6-17(16)28-23(30-21)32-10-4-7-18(32)22(33)27-15-8-9-19(24)25-11-15/h8-9,11-14,18H,3-7,10H2,1-2H3,(H,27,33)(H,28,29,30)/t18-/m0/s1. The topological polar surface area (TPSA) is 101 Å². The summed E-state index contributed by atoms with van der Waals surface area (Å²) >= 11 is 0. The number of carbonyl (C=O) groups is 1. The molecule has 10 heteroatoms. The van der Waals surface area contributed by atoms with E-state index in [9.17, 15) is 9.18 Å². The largest absolute Gasteiger partial charge is 0.333 e. The van der Waals surface area contributed by atoms with Crippen LogP contribution in [-0.2, 0) is 17.6 Å². The van der Waals surface area contributed by atoms with Gasteiger partial charge in [0.2, 0.25) is 17.8 Å². The van der Waals surface area contributed by atoms with E-state index >= 15 is 0 Å². The molecule has 0 saturated carbocycles. The van der Waals surface area contributed by atoms with Crippen LogP contribution < -0.4 is 15.5 Å². The summed E-state index contributed by atoms with van der Waals surface area (Å²) in [6, 6.07) is 2.65. The zero-order valence-electron chi connectivity index (χ0n) is 18.8. The van der Waals surface area contributed by atoms with Crippen LogP contribution in [0.1, 0.15) is 50.4 Å². The molecule has 0 aromatic carbocycles. The van der Waals surface area contributed by atoms with Crippen molar-refractivity contribution >= 4 is 29.2 Å². The van der Waals surface area contributed by atoms with Crippen LogP contribution in [0, 0.1) is 5.95 Å². The van der Waals surface area contributed by atoms with E-state index in [-0.39, 0.29) is 5.91 Å². The van der Waals surface area contributed by atoms with Crippen molar-refractivity contribution in [3.8, 4) is 0 Å². The Labute approximate surface area is 191 Å². The number of nitrogens with one attached hydrogen (secondary N) is 2. The van der Waals surface area contributed by atoms with Crippen LogP contribution in [0.4, 0.5) is 27.7 Å². The zero-order valence-corrected chi connectivity index (χ0v) is 18.8. The molecule has 0 unspecified atom stereocenters. The fraction of sp³-hybridized carbons (Fsp3) is 0.435. The van der Waals surface area contributed by atoms with Gasteiger partial charge >= 0.3 is 0 Å². The fourth-order valence-corrected chi connectivity index (χ4v) is 4.41. The van der Waals surface area contributed by atoms with Crippen LogP contribution >= 0.6 is 0 Å². The predicted molar refractivity (Wildman–Crippen MR) is 123 cm³/mol. The van der Waals surface area contributed by atoms with Gasteiger partial charge < -0.3 is 20.1 Å². The number of hydrogen-bond donors (Lipinski definition) is 2. The molecule has 1 aliphatic heterocycles. The number of carbonyl (C=O) groups excluding carboxylic acids is 1. The number of hydrogen-bond acceptors (Lipinski definition) is 7. The molecule has 1 aliphatic carbocycles. The highest BCUT2D eigenvalue weighted by Gasteiger charge is 2.34. The highest BCUT2D eigenvalue weighted by atomic mass is 19.1. The first-order valence-electron chi connectivity index (χ1n) is 11.4. The normalized spacial score (nSPS) is 17.5. The van der Waals surface area contributed by atoms with Crippen molar-refractivity contribution in [2.24, 2.45) is 0 Å². The molecule has 4 heterocycles. The third-order valence-electron chi connectivity index (χ3n) is 6.17. The van der Waals surface area contributed by atoms with Crippen LogP contribution in [0.15, 0.2) is 30.9 Å². The van der Waals surface area contributed by atoms with Crippen molar-refractivity contribution in [1.29, 1.82) is 0 Å².